The average molecular weight is 231 g/mol. The van der Waals surface area contributed by atoms with Gasteiger partial charge in [-0.1, -0.05) is 0 Å². The second-order valence-electron chi connectivity index (χ2n) is 2.33. The van der Waals surface area contributed by atoms with Gasteiger partial charge in [0.15, 0.2) is 5.82 Å². The minimum absolute atomic E-state index is 0.0956. The van der Waals surface area contributed by atoms with Crippen LogP contribution in [0.15, 0.2) is 22.9 Å². The largest absolute Gasteiger partial charge is 0.506 e. The predicted octanol–water partition coefficient (Wildman–Crippen LogP) is 1.94. The Labute approximate surface area is 75.6 Å². The number of halogens is 2. The molecule has 62 valence electrons. The first-order valence-corrected chi connectivity index (χ1v) is 3.99. The van der Waals surface area contributed by atoms with Crippen molar-refractivity contribution in [2.24, 2.45) is 0 Å². The molecule has 0 amide bonds. The molecule has 0 saturated heterocycles. The van der Waals surface area contributed by atoms with Crippen LogP contribution in [0.1, 0.15) is 0 Å². The van der Waals surface area contributed by atoms with E-state index in [0.29, 0.717) is 4.47 Å². The Bertz CT molecular complexity index is 440. The Kier molecular flexibility index (Phi) is 1.54. The van der Waals surface area contributed by atoms with Crippen LogP contribution < -0.4 is 0 Å². The van der Waals surface area contributed by atoms with E-state index in [2.05, 4.69) is 21.0 Å². The zero-order valence-corrected chi connectivity index (χ0v) is 7.42. The standard InChI is InChI=1S/C7H4BrFN2O/c8-4-1-6(12)7-5(9)2-10-11(7)3-4/h1-3,12H. The van der Waals surface area contributed by atoms with E-state index in [9.17, 15) is 9.50 Å². The minimum atomic E-state index is -0.528. The van der Waals surface area contributed by atoms with Crippen LogP contribution in [0.4, 0.5) is 4.39 Å². The van der Waals surface area contributed by atoms with Crippen molar-refractivity contribution in [1.82, 2.24) is 9.61 Å². The van der Waals surface area contributed by atoms with Gasteiger partial charge in [0, 0.05) is 10.7 Å². The van der Waals surface area contributed by atoms with Crippen LogP contribution in [0.5, 0.6) is 5.75 Å². The molecule has 0 aliphatic heterocycles. The van der Waals surface area contributed by atoms with E-state index in [-0.39, 0.29) is 11.3 Å². The molecule has 0 aliphatic rings. The zero-order chi connectivity index (χ0) is 8.72. The summed E-state index contributed by atoms with van der Waals surface area (Å²) in [6, 6.07) is 1.42. The summed E-state index contributed by atoms with van der Waals surface area (Å²) < 4.78 is 14.8. The van der Waals surface area contributed by atoms with E-state index in [1.165, 1.54) is 10.6 Å². The number of hydrogen-bond donors (Lipinski definition) is 1. The highest BCUT2D eigenvalue weighted by molar-refractivity contribution is 9.10. The van der Waals surface area contributed by atoms with Crippen LogP contribution in [0, 0.1) is 5.82 Å². The molecule has 0 radical (unpaired) electrons. The van der Waals surface area contributed by atoms with Crippen molar-refractivity contribution in [1.29, 1.82) is 0 Å². The lowest BCUT2D eigenvalue weighted by Gasteiger charge is -1.97. The normalized spacial score (nSPS) is 10.8. The van der Waals surface area contributed by atoms with Gasteiger partial charge >= 0.3 is 0 Å². The molecule has 5 heteroatoms. The lowest BCUT2D eigenvalue weighted by Crippen LogP contribution is -1.86. The summed E-state index contributed by atoms with van der Waals surface area (Å²) in [7, 11) is 0. The van der Waals surface area contributed by atoms with Crippen molar-refractivity contribution in [3.63, 3.8) is 0 Å². The van der Waals surface area contributed by atoms with Gasteiger partial charge in [-0.15, -0.1) is 0 Å². The number of pyridine rings is 1. The highest BCUT2D eigenvalue weighted by Crippen LogP contribution is 2.24. The molecule has 0 fully saturated rings. The maximum Gasteiger partial charge on any atom is 0.172 e. The summed E-state index contributed by atoms with van der Waals surface area (Å²) >= 11 is 3.15. The van der Waals surface area contributed by atoms with Crippen LogP contribution in [0.25, 0.3) is 5.52 Å². The highest BCUT2D eigenvalue weighted by atomic mass is 79.9. The number of aromatic hydroxyl groups is 1. The summed E-state index contributed by atoms with van der Waals surface area (Å²) in [6.45, 7) is 0. The van der Waals surface area contributed by atoms with Crippen molar-refractivity contribution in [3.8, 4) is 5.75 Å². The van der Waals surface area contributed by atoms with E-state index in [1.54, 1.807) is 6.20 Å². The molecule has 3 nitrogen and oxygen atoms in total. The van der Waals surface area contributed by atoms with Gasteiger partial charge in [0.2, 0.25) is 0 Å². The molecule has 1 N–H and O–H groups in total. The molecular formula is C7H4BrFN2O. The van der Waals surface area contributed by atoms with Crippen LogP contribution in [0.2, 0.25) is 0 Å². The quantitative estimate of drug-likeness (QED) is 0.752. The second kappa shape index (κ2) is 2.45. The lowest BCUT2D eigenvalue weighted by atomic mass is 10.4. The monoisotopic (exact) mass is 230 g/mol. The number of hydrogen-bond acceptors (Lipinski definition) is 2. The summed E-state index contributed by atoms with van der Waals surface area (Å²) in [5.41, 5.74) is 0.0956. The first kappa shape index (κ1) is 7.54. The molecule has 2 aromatic rings. The van der Waals surface area contributed by atoms with Crippen molar-refractivity contribution in [2.75, 3.05) is 0 Å². The number of fused-ring (bicyclic) bond motifs is 1. The zero-order valence-electron chi connectivity index (χ0n) is 5.83. The molecule has 12 heavy (non-hydrogen) atoms. The maximum atomic E-state index is 12.9. The molecule has 2 heterocycles. The maximum absolute atomic E-state index is 12.9. The van der Waals surface area contributed by atoms with Crippen molar-refractivity contribution in [2.45, 2.75) is 0 Å². The smallest absolute Gasteiger partial charge is 0.172 e. The molecule has 0 spiro atoms. The molecule has 2 rings (SSSR count). The summed E-state index contributed by atoms with van der Waals surface area (Å²) in [4.78, 5) is 0. The van der Waals surface area contributed by atoms with Crippen LogP contribution in [-0.2, 0) is 0 Å². The number of aromatic nitrogens is 2. The first-order valence-electron chi connectivity index (χ1n) is 3.20. The molecular weight excluding hydrogens is 227 g/mol. The van der Waals surface area contributed by atoms with Crippen molar-refractivity contribution < 1.29 is 9.50 Å². The first-order chi connectivity index (χ1) is 5.68. The summed E-state index contributed by atoms with van der Waals surface area (Å²) in [5.74, 6) is -0.653. The van der Waals surface area contributed by atoms with E-state index in [1.807, 2.05) is 0 Å². The lowest BCUT2D eigenvalue weighted by molar-refractivity contribution is 0.475. The van der Waals surface area contributed by atoms with Gasteiger partial charge < -0.3 is 5.11 Å². The van der Waals surface area contributed by atoms with E-state index in [0.717, 1.165) is 6.20 Å². The second-order valence-corrected chi connectivity index (χ2v) is 3.24. The van der Waals surface area contributed by atoms with Gasteiger partial charge in [0.25, 0.3) is 0 Å². The van der Waals surface area contributed by atoms with Crippen molar-refractivity contribution in [3.05, 3.63) is 28.7 Å². The predicted molar refractivity (Wildman–Crippen MR) is 44.5 cm³/mol. The minimum Gasteiger partial charge on any atom is -0.506 e. The fourth-order valence-corrected chi connectivity index (χ4v) is 1.44. The molecule has 0 atom stereocenters. The average Bonchev–Trinajstić information content (AvgIpc) is 2.31. The van der Waals surface area contributed by atoms with Gasteiger partial charge in [0.1, 0.15) is 11.3 Å². The van der Waals surface area contributed by atoms with Crippen LogP contribution in [-0.4, -0.2) is 14.7 Å². The van der Waals surface area contributed by atoms with Crippen LogP contribution >= 0.6 is 15.9 Å². The number of rotatable bonds is 0. The summed E-state index contributed by atoms with van der Waals surface area (Å²) in [5, 5.41) is 13.0. The Hall–Kier alpha value is -1.10. The third-order valence-electron chi connectivity index (χ3n) is 1.51. The van der Waals surface area contributed by atoms with Gasteiger partial charge in [-0.25, -0.2) is 8.91 Å². The van der Waals surface area contributed by atoms with Gasteiger partial charge in [0.05, 0.1) is 6.20 Å². The Morgan fingerprint density at radius 1 is 1.58 bits per heavy atom. The van der Waals surface area contributed by atoms with E-state index in [4.69, 9.17) is 0 Å². The Morgan fingerprint density at radius 3 is 3.08 bits per heavy atom. The fourth-order valence-electron chi connectivity index (χ4n) is 1.03. The fraction of sp³-hybridized carbons (Fsp3) is 0. The molecule has 2 aromatic heterocycles. The van der Waals surface area contributed by atoms with Gasteiger partial charge in [-0.3, -0.25) is 0 Å². The van der Waals surface area contributed by atoms with Crippen molar-refractivity contribution >= 4 is 21.4 Å². The topological polar surface area (TPSA) is 37.5 Å². The van der Waals surface area contributed by atoms with Crippen LogP contribution in [0.3, 0.4) is 0 Å². The molecule has 0 saturated carbocycles. The van der Waals surface area contributed by atoms with Gasteiger partial charge in [-0.05, 0) is 22.0 Å². The third kappa shape index (κ3) is 0.972. The van der Waals surface area contributed by atoms with E-state index >= 15 is 0 Å². The third-order valence-corrected chi connectivity index (χ3v) is 1.95. The molecule has 0 bridgehead atoms. The SMILES string of the molecule is Oc1cc(Br)cn2ncc(F)c12. The Morgan fingerprint density at radius 2 is 2.33 bits per heavy atom. The summed E-state index contributed by atoms with van der Waals surface area (Å²) in [6.07, 6.45) is 2.62. The molecule has 0 unspecified atom stereocenters. The highest BCUT2D eigenvalue weighted by Gasteiger charge is 2.08. The Balaban J connectivity index is 2.93. The van der Waals surface area contributed by atoms with Gasteiger partial charge in [-0.2, -0.15) is 5.10 Å². The van der Waals surface area contributed by atoms with E-state index < -0.39 is 5.82 Å². The molecule has 0 aliphatic carbocycles. The number of nitrogens with zero attached hydrogens (tertiary/aromatic N) is 2. The molecule has 0 aromatic carbocycles.